The third-order valence-electron chi connectivity index (χ3n) is 2.20. The quantitative estimate of drug-likeness (QED) is 0.760. The topological polar surface area (TPSA) is 46.2 Å². The van der Waals surface area contributed by atoms with Gasteiger partial charge in [0.25, 0.3) is 0 Å². The van der Waals surface area contributed by atoms with Gasteiger partial charge in [0, 0.05) is 10.0 Å². The van der Waals surface area contributed by atoms with Crippen LogP contribution in [0.5, 0.6) is 0 Å². The van der Waals surface area contributed by atoms with Gasteiger partial charge in [-0.1, -0.05) is 32.9 Å². The molecule has 0 amide bonds. The summed E-state index contributed by atoms with van der Waals surface area (Å²) >= 11 is 3.34. The van der Waals surface area contributed by atoms with Gasteiger partial charge in [-0.15, -0.1) is 0 Å². The van der Waals surface area contributed by atoms with Gasteiger partial charge in [-0.3, -0.25) is 0 Å². The SMILES string of the molecule is CC(C)(C)C(O)c1cccc(Br)c1N. The molecule has 0 aliphatic heterocycles. The van der Waals surface area contributed by atoms with Crippen molar-refractivity contribution in [3.05, 3.63) is 28.2 Å². The van der Waals surface area contributed by atoms with Crippen LogP contribution in [0.1, 0.15) is 32.4 Å². The molecule has 0 saturated carbocycles. The van der Waals surface area contributed by atoms with E-state index in [1.165, 1.54) is 0 Å². The maximum Gasteiger partial charge on any atom is 0.0858 e. The third kappa shape index (κ3) is 2.28. The lowest BCUT2D eigenvalue weighted by Crippen LogP contribution is -2.19. The van der Waals surface area contributed by atoms with Crippen molar-refractivity contribution in [3.63, 3.8) is 0 Å². The largest absolute Gasteiger partial charge is 0.398 e. The molecule has 0 fully saturated rings. The predicted molar refractivity (Wildman–Crippen MR) is 63.0 cm³/mol. The molecule has 0 saturated heterocycles. The first-order chi connectivity index (χ1) is 6.34. The van der Waals surface area contributed by atoms with E-state index in [2.05, 4.69) is 15.9 Å². The zero-order valence-electron chi connectivity index (χ0n) is 8.71. The zero-order valence-corrected chi connectivity index (χ0v) is 10.3. The highest BCUT2D eigenvalue weighted by molar-refractivity contribution is 9.10. The summed E-state index contributed by atoms with van der Waals surface area (Å²) in [6.07, 6.45) is -0.542. The Hall–Kier alpha value is -0.540. The Bertz CT molecular complexity index is 331. The summed E-state index contributed by atoms with van der Waals surface area (Å²) in [6.45, 7) is 5.95. The summed E-state index contributed by atoms with van der Waals surface area (Å²) in [5.41, 5.74) is 7.08. The number of hydrogen-bond donors (Lipinski definition) is 2. The molecule has 1 atom stereocenters. The highest BCUT2D eigenvalue weighted by Gasteiger charge is 2.25. The molecule has 0 aliphatic rings. The van der Waals surface area contributed by atoms with Crippen molar-refractivity contribution < 1.29 is 5.11 Å². The minimum atomic E-state index is -0.542. The summed E-state index contributed by atoms with van der Waals surface area (Å²) in [7, 11) is 0. The molecule has 1 aromatic rings. The Kier molecular flexibility index (Phi) is 3.22. The number of halogens is 1. The lowest BCUT2D eigenvalue weighted by molar-refractivity contribution is 0.0633. The summed E-state index contributed by atoms with van der Waals surface area (Å²) < 4.78 is 0.832. The number of hydrogen-bond acceptors (Lipinski definition) is 2. The van der Waals surface area contributed by atoms with E-state index in [1.807, 2.05) is 39.0 Å². The van der Waals surface area contributed by atoms with Gasteiger partial charge in [0.05, 0.1) is 11.8 Å². The molecule has 0 bridgehead atoms. The molecule has 1 unspecified atom stereocenters. The minimum Gasteiger partial charge on any atom is -0.398 e. The fourth-order valence-electron chi connectivity index (χ4n) is 1.26. The molecule has 78 valence electrons. The highest BCUT2D eigenvalue weighted by Crippen LogP contribution is 2.37. The monoisotopic (exact) mass is 257 g/mol. The van der Waals surface area contributed by atoms with Crippen molar-refractivity contribution >= 4 is 21.6 Å². The second-order valence-electron chi connectivity index (χ2n) is 4.51. The van der Waals surface area contributed by atoms with Gasteiger partial charge in [0.15, 0.2) is 0 Å². The van der Waals surface area contributed by atoms with Crippen molar-refractivity contribution in [2.75, 3.05) is 5.73 Å². The van der Waals surface area contributed by atoms with Crippen molar-refractivity contribution in [2.45, 2.75) is 26.9 Å². The Morgan fingerprint density at radius 2 is 1.93 bits per heavy atom. The number of benzene rings is 1. The number of aliphatic hydroxyl groups excluding tert-OH is 1. The number of nitrogens with two attached hydrogens (primary N) is 1. The van der Waals surface area contributed by atoms with Crippen LogP contribution in [0.4, 0.5) is 5.69 Å². The molecule has 3 N–H and O–H groups in total. The maximum absolute atomic E-state index is 10.1. The molecule has 0 spiro atoms. The molecule has 3 heteroatoms. The van der Waals surface area contributed by atoms with E-state index in [9.17, 15) is 5.11 Å². The smallest absolute Gasteiger partial charge is 0.0858 e. The Balaban J connectivity index is 3.14. The molecule has 0 aliphatic carbocycles. The van der Waals surface area contributed by atoms with Crippen LogP contribution in [0.3, 0.4) is 0 Å². The standard InChI is InChI=1S/C11H16BrNO/c1-11(2,3)10(14)7-5-4-6-8(12)9(7)13/h4-6,10,14H,13H2,1-3H3. The first kappa shape index (κ1) is 11.5. The Labute approximate surface area is 93.3 Å². The Morgan fingerprint density at radius 1 is 1.36 bits per heavy atom. The number of anilines is 1. The van der Waals surface area contributed by atoms with Gasteiger partial charge < -0.3 is 10.8 Å². The molecular weight excluding hydrogens is 242 g/mol. The Morgan fingerprint density at radius 3 is 2.43 bits per heavy atom. The van der Waals surface area contributed by atoms with Crippen molar-refractivity contribution in [3.8, 4) is 0 Å². The molecular formula is C11H16BrNO. The van der Waals surface area contributed by atoms with Gasteiger partial charge >= 0.3 is 0 Å². The van der Waals surface area contributed by atoms with Crippen LogP contribution in [0.2, 0.25) is 0 Å². The number of aliphatic hydroxyl groups is 1. The zero-order chi connectivity index (χ0) is 10.9. The molecule has 2 nitrogen and oxygen atoms in total. The van der Waals surface area contributed by atoms with Gasteiger partial charge in [-0.2, -0.15) is 0 Å². The second-order valence-corrected chi connectivity index (χ2v) is 5.37. The maximum atomic E-state index is 10.1. The van der Waals surface area contributed by atoms with Crippen molar-refractivity contribution in [1.82, 2.24) is 0 Å². The van der Waals surface area contributed by atoms with Gasteiger partial charge in [0.2, 0.25) is 0 Å². The van der Waals surface area contributed by atoms with E-state index in [4.69, 9.17) is 5.73 Å². The van der Waals surface area contributed by atoms with E-state index < -0.39 is 6.10 Å². The lowest BCUT2D eigenvalue weighted by atomic mass is 9.84. The second kappa shape index (κ2) is 3.91. The summed E-state index contributed by atoms with van der Waals surface area (Å²) in [5, 5.41) is 10.1. The number of nitrogen functional groups attached to an aromatic ring is 1. The summed E-state index contributed by atoms with van der Waals surface area (Å²) in [5.74, 6) is 0. The third-order valence-corrected chi connectivity index (χ3v) is 2.89. The van der Waals surface area contributed by atoms with E-state index >= 15 is 0 Å². The molecule has 1 rings (SSSR count). The van der Waals surface area contributed by atoms with Gasteiger partial charge in [0.1, 0.15) is 0 Å². The molecule has 0 radical (unpaired) electrons. The molecule has 0 aromatic heterocycles. The van der Waals surface area contributed by atoms with E-state index in [0.717, 1.165) is 10.0 Å². The first-order valence-corrected chi connectivity index (χ1v) is 5.35. The van der Waals surface area contributed by atoms with Crippen LogP contribution in [0.25, 0.3) is 0 Å². The van der Waals surface area contributed by atoms with E-state index in [0.29, 0.717) is 5.69 Å². The first-order valence-electron chi connectivity index (χ1n) is 4.56. The fourth-order valence-corrected chi connectivity index (χ4v) is 1.64. The van der Waals surface area contributed by atoms with Crippen molar-refractivity contribution in [2.24, 2.45) is 5.41 Å². The summed E-state index contributed by atoms with van der Waals surface area (Å²) in [4.78, 5) is 0. The van der Waals surface area contributed by atoms with Crippen LogP contribution in [0.15, 0.2) is 22.7 Å². The van der Waals surface area contributed by atoms with Crippen LogP contribution in [-0.4, -0.2) is 5.11 Å². The fraction of sp³-hybridized carbons (Fsp3) is 0.455. The normalized spacial score (nSPS) is 14.1. The minimum absolute atomic E-state index is 0.199. The van der Waals surface area contributed by atoms with Gasteiger partial charge in [-0.25, -0.2) is 0 Å². The highest BCUT2D eigenvalue weighted by atomic mass is 79.9. The molecule has 0 heterocycles. The van der Waals surface area contributed by atoms with E-state index in [1.54, 1.807) is 0 Å². The lowest BCUT2D eigenvalue weighted by Gasteiger charge is -2.27. The van der Waals surface area contributed by atoms with Crippen LogP contribution < -0.4 is 5.73 Å². The summed E-state index contributed by atoms with van der Waals surface area (Å²) in [6, 6.07) is 5.61. The number of rotatable bonds is 1. The average Bonchev–Trinajstić information content (AvgIpc) is 2.07. The molecule has 1 aromatic carbocycles. The van der Waals surface area contributed by atoms with Crippen molar-refractivity contribution in [1.29, 1.82) is 0 Å². The van der Waals surface area contributed by atoms with E-state index in [-0.39, 0.29) is 5.41 Å². The average molecular weight is 258 g/mol. The van der Waals surface area contributed by atoms with Crippen LogP contribution in [0, 0.1) is 5.41 Å². The van der Waals surface area contributed by atoms with Crippen LogP contribution >= 0.6 is 15.9 Å². The predicted octanol–water partition coefficient (Wildman–Crippen LogP) is 3.11. The molecule has 14 heavy (non-hydrogen) atoms. The van der Waals surface area contributed by atoms with Crippen LogP contribution in [-0.2, 0) is 0 Å². The number of para-hydroxylation sites is 1. The van der Waals surface area contributed by atoms with Gasteiger partial charge in [-0.05, 0) is 27.4 Å².